The van der Waals surface area contributed by atoms with Crippen LogP contribution in [0.5, 0.6) is 0 Å². The molecular weight excluding hydrogens is 252 g/mol. The number of aromatic nitrogens is 2. The van der Waals surface area contributed by atoms with Crippen molar-refractivity contribution in [2.45, 2.75) is 26.8 Å². The molecule has 106 valence electrons. The van der Waals surface area contributed by atoms with Gasteiger partial charge in [0.05, 0.1) is 22.7 Å². The molecule has 0 aliphatic heterocycles. The van der Waals surface area contributed by atoms with Gasteiger partial charge in [0.1, 0.15) is 0 Å². The minimum atomic E-state index is 0.485. The van der Waals surface area contributed by atoms with E-state index in [0.29, 0.717) is 24.0 Å². The smallest absolute Gasteiger partial charge is 0.201 e. The summed E-state index contributed by atoms with van der Waals surface area (Å²) in [5.74, 6) is 1.03. The first-order chi connectivity index (χ1) is 9.61. The van der Waals surface area contributed by atoms with Gasteiger partial charge in [-0.2, -0.15) is 5.26 Å². The zero-order valence-corrected chi connectivity index (χ0v) is 12.0. The molecule has 0 atom stereocenters. The topological polar surface area (TPSA) is 76.9 Å². The van der Waals surface area contributed by atoms with Crippen LogP contribution in [0.2, 0.25) is 0 Å². The standard InChI is InChI=1S/C15H20N4O/c1-11(2)10-20-7-3-6-19-14-8-12(9-16)4-5-13(14)18-15(19)17/h4-5,8,11H,3,6-7,10H2,1-2H3,(H2,17,18). The molecule has 2 aromatic rings. The summed E-state index contributed by atoms with van der Waals surface area (Å²) < 4.78 is 7.50. The quantitative estimate of drug-likeness (QED) is 0.820. The van der Waals surface area contributed by atoms with Crippen molar-refractivity contribution in [1.82, 2.24) is 9.55 Å². The summed E-state index contributed by atoms with van der Waals surface area (Å²) in [7, 11) is 0. The van der Waals surface area contributed by atoms with Crippen LogP contribution in [0, 0.1) is 17.2 Å². The number of aryl methyl sites for hydroxylation is 1. The van der Waals surface area contributed by atoms with Crippen molar-refractivity contribution in [2.75, 3.05) is 18.9 Å². The van der Waals surface area contributed by atoms with Gasteiger partial charge in [0.2, 0.25) is 5.95 Å². The second kappa shape index (κ2) is 6.40. The number of fused-ring (bicyclic) bond motifs is 1. The van der Waals surface area contributed by atoms with Gasteiger partial charge in [0.15, 0.2) is 0 Å². The lowest BCUT2D eigenvalue weighted by Crippen LogP contribution is -2.08. The first-order valence-electron chi connectivity index (χ1n) is 6.85. The van der Waals surface area contributed by atoms with Gasteiger partial charge in [-0.25, -0.2) is 4.98 Å². The molecule has 1 aromatic heterocycles. The Morgan fingerprint density at radius 3 is 2.95 bits per heavy atom. The van der Waals surface area contributed by atoms with Crippen LogP contribution >= 0.6 is 0 Å². The number of ether oxygens (including phenoxy) is 1. The highest BCUT2D eigenvalue weighted by Crippen LogP contribution is 2.19. The van der Waals surface area contributed by atoms with Gasteiger partial charge in [0.25, 0.3) is 0 Å². The minimum absolute atomic E-state index is 0.485. The van der Waals surface area contributed by atoms with Gasteiger partial charge in [-0.05, 0) is 30.5 Å². The summed E-state index contributed by atoms with van der Waals surface area (Å²) in [6, 6.07) is 7.55. The Morgan fingerprint density at radius 2 is 2.25 bits per heavy atom. The van der Waals surface area contributed by atoms with Crippen LogP contribution in [0.25, 0.3) is 11.0 Å². The number of rotatable bonds is 6. The Hall–Kier alpha value is -2.06. The molecule has 5 nitrogen and oxygen atoms in total. The highest BCUT2D eigenvalue weighted by molar-refractivity contribution is 5.79. The molecule has 0 bridgehead atoms. The molecule has 20 heavy (non-hydrogen) atoms. The van der Waals surface area contributed by atoms with Crippen LogP contribution in [0.4, 0.5) is 5.95 Å². The van der Waals surface area contributed by atoms with Crippen LogP contribution in [0.1, 0.15) is 25.8 Å². The van der Waals surface area contributed by atoms with Crippen LogP contribution < -0.4 is 5.73 Å². The average molecular weight is 272 g/mol. The molecule has 2 rings (SSSR count). The van der Waals surface area contributed by atoms with E-state index in [0.717, 1.165) is 30.6 Å². The first-order valence-corrected chi connectivity index (χ1v) is 6.85. The maximum atomic E-state index is 8.96. The lowest BCUT2D eigenvalue weighted by Gasteiger charge is -2.08. The van der Waals surface area contributed by atoms with Crippen LogP contribution in [0.3, 0.4) is 0 Å². The van der Waals surface area contributed by atoms with Crippen LogP contribution in [-0.4, -0.2) is 22.8 Å². The summed E-state index contributed by atoms with van der Waals surface area (Å²) in [6.45, 7) is 6.48. The molecule has 0 aliphatic carbocycles. The number of imidazole rings is 1. The number of nitrogens with zero attached hydrogens (tertiary/aromatic N) is 3. The van der Waals surface area contributed by atoms with E-state index in [2.05, 4.69) is 24.9 Å². The van der Waals surface area contributed by atoms with Crippen molar-refractivity contribution in [2.24, 2.45) is 5.92 Å². The third-order valence-electron chi connectivity index (χ3n) is 3.03. The monoisotopic (exact) mass is 272 g/mol. The highest BCUT2D eigenvalue weighted by atomic mass is 16.5. The van der Waals surface area contributed by atoms with E-state index in [4.69, 9.17) is 15.7 Å². The van der Waals surface area contributed by atoms with Crippen molar-refractivity contribution >= 4 is 17.0 Å². The normalized spacial score (nSPS) is 11.1. The molecule has 0 unspecified atom stereocenters. The van der Waals surface area contributed by atoms with Gasteiger partial charge in [-0.3, -0.25) is 0 Å². The number of benzene rings is 1. The second-order valence-corrected chi connectivity index (χ2v) is 5.26. The van der Waals surface area contributed by atoms with E-state index in [1.54, 1.807) is 6.07 Å². The van der Waals surface area contributed by atoms with Gasteiger partial charge < -0.3 is 15.0 Å². The third kappa shape index (κ3) is 3.28. The molecule has 2 N–H and O–H groups in total. The maximum absolute atomic E-state index is 8.96. The molecule has 0 radical (unpaired) electrons. The molecule has 0 amide bonds. The van der Waals surface area contributed by atoms with Crippen molar-refractivity contribution in [3.8, 4) is 6.07 Å². The van der Waals surface area contributed by atoms with E-state index in [-0.39, 0.29) is 0 Å². The van der Waals surface area contributed by atoms with Crippen LogP contribution in [-0.2, 0) is 11.3 Å². The second-order valence-electron chi connectivity index (χ2n) is 5.26. The summed E-state index contributed by atoms with van der Waals surface area (Å²) in [5, 5.41) is 8.96. The first kappa shape index (κ1) is 14.4. The Labute approximate surface area is 119 Å². The number of nitriles is 1. The van der Waals surface area contributed by atoms with Crippen LogP contribution in [0.15, 0.2) is 18.2 Å². The molecule has 1 aromatic carbocycles. The zero-order chi connectivity index (χ0) is 14.5. The summed E-state index contributed by atoms with van der Waals surface area (Å²) in [5.41, 5.74) is 8.29. The van der Waals surface area contributed by atoms with E-state index in [1.165, 1.54) is 0 Å². The molecular formula is C15H20N4O. The molecule has 5 heteroatoms. The third-order valence-corrected chi connectivity index (χ3v) is 3.03. The summed E-state index contributed by atoms with van der Waals surface area (Å²) in [4.78, 5) is 4.31. The Balaban J connectivity index is 2.05. The zero-order valence-electron chi connectivity index (χ0n) is 12.0. The molecule has 1 heterocycles. The highest BCUT2D eigenvalue weighted by Gasteiger charge is 2.08. The molecule has 0 spiro atoms. The largest absolute Gasteiger partial charge is 0.381 e. The van der Waals surface area contributed by atoms with Gasteiger partial charge >= 0.3 is 0 Å². The summed E-state index contributed by atoms with van der Waals surface area (Å²) >= 11 is 0. The van der Waals surface area contributed by atoms with Crippen molar-refractivity contribution in [3.05, 3.63) is 23.8 Å². The molecule has 0 saturated heterocycles. The van der Waals surface area contributed by atoms with E-state index < -0.39 is 0 Å². The molecule has 0 aliphatic rings. The van der Waals surface area contributed by atoms with Gasteiger partial charge in [0, 0.05) is 19.8 Å². The number of anilines is 1. The number of hydrogen-bond acceptors (Lipinski definition) is 4. The van der Waals surface area contributed by atoms with E-state index in [1.807, 2.05) is 16.7 Å². The van der Waals surface area contributed by atoms with Crippen molar-refractivity contribution in [1.29, 1.82) is 5.26 Å². The Kier molecular flexibility index (Phi) is 4.59. The lowest BCUT2D eigenvalue weighted by molar-refractivity contribution is 0.105. The Bertz CT molecular complexity index is 625. The van der Waals surface area contributed by atoms with Gasteiger partial charge in [-0.15, -0.1) is 0 Å². The fourth-order valence-electron chi connectivity index (χ4n) is 2.09. The number of nitrogen functional groups attached to an aromatic ring is 1. The maximum Gasteiger partial charge on any atom is 0.201 e. The lowest BCUT2D eigenvalue weighted by atomic mass is 10.2. The fraction of sp³-hybridized carbons (Fsp3) is 0.467. The number of hydrogen-bond donors (Lipinski definition) is 1. The molecule has 0 fully saturated rings. The number of nitrogens with two attached hydrogens (primary N) is 1. The predicted octanol–water partition coefficient (Wildman–Crippen LogP) is 2.55. The van der Waals surface area contributed by atoms with Gasteiger partial charge in [-0.1, -0.05) is 13.8 Å². The molecule has 0 saturated carbocycles. The van der Waals surface area contributed by atoms with E-state index in [9.17, 15) is 0 Å². The summed E-state index contributed by atoms with van der Waals surface area (Å²) in [6.07, 6.45) is 0.874. The van der Waals surface area contributed by atoms with Crippen molar-refractivity contribution in [3.63, 3.8) is 0 Å². The average Bonchev–Trinajstić information content (AvgIpc) is 2.73. The minimum Gasteiger partial charge on any atom is -0.381 e. The Morgan fingerprint density at radius 1 is 1.45 bits per heavy atom. The fourth-order valence-corrected chi connectivity index (χ4v) is 2.09. The predicted molar refractivity (Wildman–Crippen MR) is 79.1 cm³/mol. The van der Waals surface area contributed by atoms with Crippen molar-refractivity contribution < 1.29 is 4.74 Å². The van der Waals surface area contributed by atoms with E-state index >= 15 is 0 Å². The SMILES string of the molecule is CC(C)COCCCn1c(N)nc2ccc(C#N)cc21.